The largest absolute Gasteiger partial charge is 0.508 e. The highest BCUT2D eigenvalue weighted by Gasteiger charge is 2.02. The molecular formula is C15H19N3O2. The first-order valence-electron chi connectivity index (χ1n) is 6.74. The lowest BCUT2D eigenvalue weighted by Crippen LogP contribution is -2.26. The van der Waals surface area contributed by atoms with Gasteiger partial charge in [0.15, 0.2) is 0 Å². The highest BCUT2D eigenvalue weighted by atomic mass is 16.3. The van der Waals surface area contributed by atoms with E-state index in [4.69, 9.17) is 5.11 Å². The Labute approximate surface area is 118 Å². The molecular weight excluding hydrogens is 254 g/mol. The highest BCUT2D eigenvalue weighted by Crippen LogP contribution is 2.09. The number of aromatic hydroxyl groups is 1. The van der Waals surface area contributed by atoms with Crippen LogP contribution in [0.3, 0.4) is 0 Å². The van der Waals surface area contributed by atoms with Crippen LogP contribution in [-0.2, 0) is 17.8 Å². The van der Waals surface area contributed by atoms with Crippen molar-refractivity contribution in [3.63, 3.8) is 0 Å². The second kappa shape index (κ2) is 7.33. The lowest BCUT2D eigenvalue weighted by molar-refractivity contribution is -0.120. The van der Waals surface area contributed by atoms with Crippen LogP contribution in [0.2, 0.25) is 0 Å². The SMILES string of the molecule is O=C(Cc1ccc(O)cc1)NCCCCn1ccnc1. The van der Waals surface area contributed by atoms with E-state index in [-0.39, 0.29) is 11.7 Å². The number of hydrogen-bond donors (Lipinski definition) is 2. The van der Waals surface area contributed by atoms with Crippen molar-refractivity contribution in [2.75, 3.05) is 6.54 Å². The third-order valence-corrected chi connectivity index (χ3v) is 3.03. The van der Waals surface area contributed by atoms with Crippen molar-refractivity contribution in [3.8, 4) is 5.75 Å². The minimum Gasteiger partial charge on any atom is -0.508 e. The van der Waals surface area contributed by atoms with Gasteiger partial charge in [0, 0.05) is 25.5 Å². The van der Waals surface area contributed by atoms with Gasteiger partial charge in [0.1, 0.15) is 5.75 Å². The van der Waals surface area contributed by atoms with Gasteiger partial charge in [-0.2, -0.15) is 0 Å². The zero-order valence-corrected chi connectivity index (χ0v) is 11.3. The summed E-state index contributed by atoms with van der Waals surface area (Å²) in [4.78, 5) is 15.7. The van der Waals surface area contributed by atoms with Crippen LogP contribution < -0.4 is 5.32 Å². The monoisotopic (exact) mass is 273 g/mol. The Morgan fingerprint density at radius 2 is 2.05 bits per heavy atom. The van der Waals surface area contributed by atoms with E-state index in [9.17, 15) is 4.79 Å². The maximum Gasteiger partial charge on any atom is 0.224 e. The molecule has 1 aromatic heterocycles. The first-order chi connectivity index (χ1) is 9.74. The van der Waals surface area contributed by atoms with Crippen LogP contribution in [0.25, 0.3) is 0 Å². The number of amides is 1. The molecule has 5 nitrogen and oxygen atoms in total. The van der Waals surface area contributed by atoms with Crippen LogP contribution in [0.4, 0.5) is 0 Å². The normalized spacial score (nSPS) is 10.4. The number of benzene rings is 1. The number of nitrogens with zero attached hydrogens (tertiary/aromatic N) is 2. The number of rotatable bonds is 7. The van der Waals surface area contributed by atoms with E-state index in [1.807, 2.05) is 10.8 Å². The van der Waals surface area contributed by atoms with Crippen LogP contribution in [0.15, 0.2) is 43.0 Å². The molecule has 0 spiro atoms. The summed E-state index contributed by atoms with van der Waals surface area (Å²) in [6.07, 6.45) is 7.80. The van der Waals surface area contributed by atoms with Gasteiger partial charge in [0.05, 0.1) is 12.7 Å². The molecule has 1 heterocycles. The summed E-state index contributed by atoms with van der Waals surface area (Å²) in [6.45, 7) is 1.61. The summed E-state index contributed by atoms with van der Waals surface area (Å²) < 4.78 is 2.03. The third-order valence-electron chi connectivity index (χ3n) is 3.03. The van der Waals surface area contributed by atoms with E-state index in [0.717, 1.165) is 24.9 Å². The predicted molar refractivity (Wildman–Crippen MR) is 76.3 cm³/mol. The summed E-state index contributed by atoms with van der Waals surface area (Å²) in [5.41, 5.74) is 0.902. The number of nitrogens with one attached hydrogen (secondary N) is 1. The van der Waals surface area contributed by atoms with Crippen LogP contribution in [0.5, 0.6) is 5.75 Å². The molecule has 1 amide bonds. The molecule has 0 atom stereocenters. The van der Waals surface area contributed by atoms with Gasteiger partial charge in [0.25, 0.3) is 0 Å². The number of hydrogen-bond acceptors (Lipinski definition) is 3. The molecule has 0 unspecified atom stereocenters. The Balaban J connectivity index is 1.59. The Bertz CT molecular complexity index is 521. The standard InChI is InChI=1S/C15H19N3O2/c19-14-5-3-13(4-6-14)11-15(20)17-7-1-2-9-18-10-8-16-12-18/h3-6,8,10,12,19H,1-2,7,9,11H2,(H,17,20). The van der Waals surface area contributed by atoms with Crippen molar-refractivity contribution < 1.29 is 9.90 Å². The molecule has 0 saturated heterocycles. The number of unbranched alkanes of at least 4 members (excludes halogenated alkanes) is 1. The second-order valence-electron chi connectivity index (χ2n) is 4.70. The summed E-state index contributed by atoms with van der Waals surface area (Å²) in [7, 11) is 0. The average molecular weight is 273 g/mol. The van der Waals surface area contributed by atoms with E-state index < -0.39 is 0 Å². The second-order valence-corrected chi connectivity index (χ2v) is 4.70. The fourth-order valence-corrected chi connectivity index (χ4v) is 1.93. The summed E-state index contributed by atoms with van der Waals surface area (Å²) in [5, 5.41) is 12.1. The Morgan fingerprint density at radius 3 is 2.75 bits per heavy atom. The summed E-state index contributed by atoms with van der Waals surface area (Å²) >= 11 is 0. The van der Waals surface area contributed by atoms with Crippen LogP contribution in [0.1, 0.15) is 18.4 Å². The van der Waals surface area contributed by atoms with E-state index in [0.29, 0.717) is 13.0 Å². The summed E-state index contributed by atoms with van der Waals surface area (Å²) in [6, 6.07) is 6.70. The van der Waals surface area contributed by atoms with Gasteiger partial charge in [-0.1, -0.05) is 12.1 Å². The fourth-order valence-electron chi connectivity index (χ4n) is 1.93. The number of aryl methyl sites for hydroxylation is 1. The first kappa shape index (κ1) is 14.1. The zero-order valence-electron chi connectivity index (χ0n) is 11.3. The van der Waals surface area contributed by atoms with Gasteiger partial charge in [-0.05, 0) is 30.5 Å². The molecule has 0 aliphatic rings. The van der Waals surface area contributed by atoms with Gasteiger partial charge < -0.3 is 15.0 Å². The van der Waals surface area contributed by atoms with Crippen molar-refractivity contribution in [1.82, 2.24) is 14.9 Å². The van der Waals surface area contributed by atoms with Gasteiger partial charge in [-0.15, -0.1) is 0 Å². The average Bonchev–Trinajstić information content (AvgIpc) is 2.94. The van der Waals surface area contributed by atoms with Gasteiger partial charge in [-0.3, -0.25) is 4.79 Å². The molecule has 0 aliphatic heterocycles. The van der Waals surface area contributed by atoms with Crippen LogP contribution >= 0.6 is 0 Å². The van der Waals surface area contributed by atoms with Crippen molar-refractivity contribution >= 4 is 5.91 Å². The smallest absolute Gasteiger partial charge is 0.224 e. The van der Waals surface area contributed by atoms with E-state index in [2.05, 4.69) is 10.3 Å². The third kappa shape index (κ3) is 4.76. The molecule has 0 bridgehead atoms. The predicted octanol–water partition coefficient (Wildman–Crippen LogP) is 1.73. The number of imidazole rings is 1. The first-order valence-corrected chi connectivity index (χ1v) is 6.74. The van der Waals surface area contributed by atoms with Crippen molar-refractivity contribution in [1.29, 1.82) is 0 Å². The van der Waals surface area contributed by atoms with Gasteiger partial charge in [-0.25, -0.2) is 4.98 Å². The molecule has 2 rings (SSSR count). The zero-order chi connectivity index (χ0) is 14.2. The molecule has 2 aromatic rings. The quantitative estimate of drug-likeness (QED) is 0.755. The van der Waals surface area contributed by atoms with Crippen LogP contribution in [-0.4, -0.2) is 27.1 Å². The topological polar surface area (TPSA) is 67.2 Å². The van der Waals surface area contributed by atoms with E-state index in [1.54, 1.807) is 36.8 Å². The van der Waals surface area contributed by atoms with E-state index in [1.165, 1.54) is 0 Å². The molecule has 2 N–H and O–H groups in total. The minimum atomic E-state index is 0.0123. The molecule has 0 radical (unpaired) electrons. The Kier molecular flexibility index (Phi) is 5.17. The highest BCUT2D eigenvalue weighted by molar-refractivity contribution is 5.78. The molecule has 5 heteroatoms. The maximum absolute atomic E-state index is 11.7. The maximum atomic E-state index is 11.7. The van der Waals surface area contributed by atoms with Crippen molar-refractivity contribution in [2.45, 2.75) is 25.8 Å². The van der Waals surface area contributed by atoms with Gasteiger partial charge in [0.2, 0.25) is 5.91 Å². The number of carbonyl (C=O) groups is 1. The van der Waals surface area contributed by atoms with Crippen molar-refractivity contribution in [2.24, 2.45) is 0 Å². The summed E-state index contributed by atoms with van der Waals surface area (Å²) in [5.74, 6) is 0.229. The van der Waals surface area contributed by atoms with Crippen molar-refractivity contribution in [3.05, 3.63) is 48.5 Å². The number of phenols is 1. The number of carbonyl (C=O) groups excluding carboxylic acids is 1. The van der Waals surface area contributed by atoms with Crippen LogP contribution in [0, 0.1) is 0 Å². The molecule has 20 heavy (non-hydrogen) atoms. The van der Waals surface area contributed by atoms with E-state index >= 15 is 0 Å². The fraction of sp³-hybridized carbons (Fsp3) is 0.333. The minimum absolute atomic E-state index is 0.0123. The number of phenolic OH excluding ortho intramolecular Hbond substituents is 1. The molecule has 0 fully saturated rings. The molecule has 0 saturated carbocycles. The lowest BCUT2D eigenvalue weighted by atomic mass is 10.1. The number of aromatic nitrogens is 2. The lowest BCUT2D eigenvalue weighted by Gasteiger charge is -2.06. The Hall–Kier alpha value is -2.30. The molecule has 1 aromatic carbocycles. The van der Waals surface area contributed by atoms with Gasteiger partial charge >= 0.3 is 0 Å². The molecule has 0 aliphatic carbocycles. The Morgan fingerprint density at radius 1 is 1.25 bits per heavy atom. The molecule has 106 valence electrons.